The van der Waals surface area contributed by atoms with E-state index >= 15 is 0 Å². The van der Waals surface area contributed by atoms with E-state index in [1.165, 1.54) is 18.2 Å². The third-order valence-electron chi connectivity index (χ3n) is 4.73. The van der Waals surface area contributed by atoms with Crippen molar-refractivity contribution in [2.24, 2.45) is 0 Å². The van der Waals surface area contributed by atoms with Gasteiger partial charge < -0.3 is 20.5 Å². The lowest BCUT2D eigenvalue weighted by Crippen LogP contribution is -2.32. The first-order valence-electron chi connectivity index (χ1n) is 8.71. The van der Waals surface area contributed by atoms with Crippen LogP contribution in [0.3, 0.4) is 0 Å². The summed E-state index contributed by atoms with van der Waals surface area (Å²) in [5.41, 5.74) is 3.61. The van der Waals surface area contributed by atoms with Gasteiger partial charge in [-0.25, -0.2) is 0 Å². The van der Waals surface area contributed by atoms with Gasteiger partial charge >= 0.3 is 0 Å². The van der Waals surface area contributed by atoms with Gasteiger partial charge in [0.25, 0.3) is 5.91 Å². The standard InChI is InChI=1S/C21H22N2O4/c1-4-19(25)22-14-6-8-18(24)16(11-14)21(26)23-17-9-10-27-20-13(3)12(2)5-7-15(17)20/h4-8,11,17,24H,1,9-10H2,2-3H3,(H,22,25)(H,23,26)/t17-/m1/s1. The van der Waals surface area contributed by atoms with Crippen molar-refractivity contribution >= 4 is 17.5 Å². The number of hydrogen-bond acceptors (Lipinski definition) is 4. The molecule has 2 aromatic carbocycles. The molecule has 1 heterocycles. The van der Waals surface area contributed by atoms with E-state index in [1.807, 2.05) is 26.0 Å². The third-order valence-corrected chi connectivity index (χ3v) is 4.73. The number of ether oxygens (including phenoxy) is 1. The summed E-state index contributed by atoms with van der Waals surface area (Å²) in [5, 5.41) is 15.6. The lowest BCUT2D eigenvalue weighted by Gasteiger charge is -2.28. The quantitative estimate of drug-likeness (QED) is 0.572. The zero-order valence-electron chi connectivity index (χ0n) is 15.3. The molecular weight excluding hydrogens is 344 g/mol. The van der Waals surface area contributed by atoms with Crippen LogP contribution in [0.15, 0.2) is 43.0 Å². The van der Waals surface area contributed by atoms with E-state index in [-0.39, 0.29) is 17.4 Å². The maximum Gasteiger partial charge on any atom is 0.255 e. The van der Waals surface area contributed by atoms with E-state index in [4.69, 9.17) is 4.74 Å². The van der Waals surface area contributed by atoms with Crippen molar-refractivity contribution in [3.63, 3.8) is 0 Å². The first-order valence-corrected chi connectivity index (χ1v) is 8.71. The molecule has 1 aliphatic heterocycles. The molecule has 0 bridgehead atoms. The summed E-state index contributed by atoms with van der Waals surface area (Å²) in [4.78, 5) is 24.2. The molecule has 2 aromatic rings. The largest absolute Gasteiger partial charge is 0.507 e. The molecule has 0 aromatic heterocycles. The van der Waals surface area contributed by atoms with Crippen LogP contribution in [-0.2, 0) is 4.79 Å². The number of anilines is 1. The molecule has 0 radical (unpaired) electrons. The van der Waals surface area contributed by atoms with E-state index in [0.29, 0.717) is 18.7 Å². The summed E-state index contributed by atoms with van der Waals surface area (Å²) in [5.74, 6) is -0.159. The van der Waals surface area contributed by atoms with Crippen LogP contribution < -0.4 is 15.4 Å². The average Bonchev–Trinajstić information content (AvgIpc) is 2.66. The van der Waals surface area contributed by atoms with Gasteiger partial charge in [0.1, 0.15) is 11.5 Å². The van der Waals surface area contributed by atoms with Gasteiger partial charge in [-0.15, -0.1) is 0 Å². The Kier molecular flexibility index (Phi) is 5.16. The van der Waals surface area contributed by atoms with Crippen LogP contribution in [0.5, 0.6) is 11.5 Å². The number of phenols is 1. The normalized spacial score (nSPS) is 15.3. The summed E-state index contributed by atoms with van der Waals surface area (Å²) in [7, 11) is 0. The zero-order chi connectivity index (χ0) is 19.6. The molecule has 27 heavy (non-hydrogen) atoms. The van der Waals surface area contributed by atoms with Crippen LogP contribution >= 0.6 is 0 Å². The number of rotatable bonds is 4. The molecule has 140 valence electrons. The van der Waals surface area contributed by atoms with Crippen LogP contribution in [0.25, 0.3) is 0 Å². The van der Waals surface area contributed by atoms with Gasteiger partial charge in [-0.3, -0.25) is 9.59 Å². The Balaban J connectivity index is 1.85. The lowest BCUT2D eigenvalue weighted by atomic mass is 9.95. The predicted octanol–water partition coefficient (Wildman–Crippen LogP) is 3.39. The number of hydrogen-bond donors (Lipinski definition) is 3. The van der Waals surface area contributed by atoms with Crippen molar-refractivity contribution in [2.75, 3.05) is 11.9 Å². The third kappa shape index (κ3) is 3.79. The van der Waals surface area contributed by atoms with Gasteiger partial charge in [0.2, 0.25) is 5.91 Å². The van der Waals surface area contributed by atoms with Crippen molar-refractivity contribution in [3.8, 4) is 11.5 Å². The number of amides is 2. The Morgan fingerprint density at radius 3 is 2.78 bits per heavy atom. The zero-order valence-corrected chi connectivity index (χ0v) is 15.3. The molecule has 3 N–H and O–H groups in total. The van der Waals surface area contributed by atoms with Gasteiger partial charge in [0.05, 0.1) is 18.2 Å². The molecule has 0 saturated heterocycles. The van der Waals surface area contributed by atoms with Crippen molar-refractivity contribution in [2.45, 2.75) is 26.3 Å². The Hall–Kier alpha value is -3.28. The molecule has 2 amide bonds. The molecule has 0 fully saturated rings. The summed E-state index contributed by atoms with van der Waals surface area (Å²) in [6.45, 7) is 7.91. The van der Waals surface area contributed by atoms with E-state index in [1.54, 1.807) is 0 Å². The second kappa shape index (κ2) is 7.53. The number of benzene rings is 2. The Morgan fingerprint density at radius 1 is 1.26 bits per heavy atom. The summed E-state index contributed by atoms with van der Waals surface area (Å²) >= 11 is 0. The van der Waals surface area contributed by atoms with Crippen molar-refractivity contribution < 1.29 is 19.4 Å². The molecular formula is C21H22N2O4. The molecule has 0 spiro atoms. The summed E-state index contributed by atoms with van der Waals surface area (Å²) < 4.78 is 5.79. The van der Waals surface area contributed by atoms with E-state index in [2.05, 4.69) is 17.2 Å². The number of fused-ring (bicyclic) bond motifs is 1. The van der Waals surface area contributed by atoms with Gasteiger partial charge in [-0.2, -0.15) is 0 Å². The Morgan fingerprint density at radius 2 is 2.04 bits per heavy atom. The van der Waals surface area contributed by atoms with Crippen molar-refractivity contribution in [1.82, 2.24) is 5.32 Å². The summed E-state index contributed by atoms with van der Waals surface area (Å²) in [6, 6.07) is 8.08. The molecule has 1 atom stereocenters. The highest BCUT2D eigenvalue weighted by molar-refractivity contribution is 6.02. The van der Waals surface area contributed by atoms with Gasteiger partial charge in [-0.1, -0.05) is 18.7 Å². The first kappa shape index (κ1) is 18.5. The Bertz CT molecular complexity index is 921. The average molecular weight is 366 g/mol. The predicted molar refractivity (Wildman–Crippen MR) is 103 cm³/mol. The summed E-state index contributed by atoms with van der Waals surface area (Å²) in [6.07, 6.45) is 1.77. The van der Waals surface area contributed by atoms with Crippen molar-refractivity contribution in [1.29, 1.82) is 0 Å². The molecule has 6 heteroatoms. The molecule has 6 nitrogen and oxygen atoms in total. The van der Waals surface area contributed by atoms with Crippen LogP contribution in [0.1, 0.15) is 39.5 Å². The van der Waals surface area contributed by atoms with Crippen LogP contribution in [-0.4, -0.2) is 23.5 Å². The fraction of sp³-hybridized carbons (Fsp3) is 0.238. The number of aromatic hydroxyl groups is 1. The number of carbonyl (C=O) groups excluding carboxylic acids is 2. The highest BCUT2D eigenvalue weighted by Crippen LogP contribution is 2.36. The van der Waals surface area contributed by atoms with Crippen LogP contribution in [0.4, 0.5) is 5.69 Å². The van der Waals surface area contributed by atoms with Crippen LogP contribution in [0, 0.1) is 13.8 Å². The SMILES string of the molecule is C=CC(=O)Nc1ccc(O)c(C(=O)N[C@@H]2CCOc3c2ccc(C)c3C)c1. The number of phenolic OH excluding ortho intramolecular Hbond substituents is 1. The van der Waals surface area contributed by atoms with Gasteiger partial charge in [0.15, 0.2) is 0 Å². The highest BCUT2D eigenvalue weighted by atomic mass is 16.5. The molecule has 3 rings (SSSR count). The fourth-order valence-electron chi connectivity index (χ4n) is 3.09. The second-order valence-corrected chi connectivity index (χ2v) is 6.51. The van der Waals surface area contributed by atoms with Gasteiger partial charge in [-0.05, 0) is 49.2 Å². The topological polar surface area (TPSA) is 87.7 Å². The number of aryl methyl sites for hydroxylation is 1. The van der Waals surface area contributed by atoms with Gasteiger partial charge in [0, 0.05) is 17.7 Å². The highest BCUT2D eigenvalue weighted by Gasteiger charge is 2.26. The molecule has 0 unspecified atom stereocenters. The van der Waals surface area contributed by atoms with Crippen molar-refractivity contribution in [3.05, 3.63) is 65.2 Å². The molecule has 1 aliphatic rings. The number of carbonyl (C=O) groups is 2. The van der Waals surface area contributed by atoms with Crippen LogP contribution in [0.2, 0.25) is 0 Å². The fourth-order valence-corrected chi connectivity index (χ4v) is 3.09. The van der Waals surface area contributed by atoms with E-state index in [9.17, 15) is 14.7 Å². The van der Waals surface area contributed by atoms with E-state index in [0.717, 1.165) is 28.5 Å². The maximum atomic E-state index is 12.8. The molecule has 0 aliphatic carbocycles. The minimum atomic E-state index is -0.418. The smallest absolute Gasteiger partial charge is 0.255 e. The minimum Gasteiger partial charge on any atom is -0.507 e. The lowest BCUT2D eigenvalue weighted by molar-refractivity contribution is -0.111. The first-order chi connectivity index (χ1) is 12.9. The minimum absolute atomic E-state index is 0.0914. The number of nitrogens with one attached hydrogen (secondary N) is 2. The Labute approximate surface area is 157 Å². The van der Waals surface area contributed by atoms with E-state index < -0.39 is 11.8 Å². The maximum absolute atomic E-state index is 12.8. The second-order valence-electron chi connectivity index (χ2n) is 6.51. The monoisotopic (exact) mass is 366 g/mol. The molecule has 0 saturated carbocycles.